The van der Waals surface area contributed by atoms with Crippen molar-refractivity contribution in [3.8, 4) is 0 Å². The van der Waals surface area contributed by atoms with Crippen molar-refractivity contribution in [1.29, 1.82) is 0 Å². The van der Waals surface area contributed by atoms with Crippen LogP contribution in [0.4, 0.5) is 0 Å². The fraction of sp³-hybridized carbons (Fsp3) is 0.429. The Morgan fingerprint density at radius 3 is 2.64 bits per heavy atom. The number of hydrogen-bond donors (Lipinski definition) is 2. The van der Waals surface area contributed by atoms with E-state index in [9.17, 15) is 5.11 Å². The van der Waals surface area contributed by atoms with Gasteiger partial charge in [-0.3, -0.25) is 0 Å². The Labute approximate surface area is 148 Å². The molecule has 2 N–H and O–H groups in total. The molecule has 0 atom stereocenters. The molecule has 1 aliphatic heterocycles. The van der Waals surface area contributed by atoms with Crippen molar-refractivity contribution >= 4 is 21.8 Å². The number of aliphatic hydroxyl groups is 1. The normalized spacial score (nSPS) is 17.4. The number of rotatable bonds is 5. The number of fused-ring (bicyclic) bond motifs is 3. The van der Waals surface area contributed by atoms with Gasteiger partial charge in [0.25, 0.3) is 0 Å². The van der Waals surface area contributed by atoms with Crippen LogP contribution in [0.1, 0.15) is 25.3 Å². The zero-order valence-electron chi connectivity index (χ0n) is 14.8. The summed E-state index contributed by atoms with van der Waals surface area (Å²) in [7, 11) is 0. The van der Waals surface area contributed by atoms with Gasteiger partial charge in [-0.05, 0) is 30.7 Å². The second-order valence-electron chi connectivity index (χ2n) is 7.05. The standard InChI is InChI=1S/C21H26N2O2/c1-2-23-19-6-4-3-5-17(19)18-13-16(7-8-20(18)23)14-22-15-21(24)9-11-25-12-10-21/h3-8,13,22,24H,2,9-12,14-15H2,1H3. The summed E-state index contributed by atoms with van der Waals surface area (Å²) in [6.45, 7) is 5.85. The summed E-state index contributed by atoms with van der Waals surface area (Å²) in [4.78, 5) is 0. The minimum absolute atomic E-state index is 0.616. The van der Waals surface area contributed by atoms with E-state index < -0.39 is 5.60 Å². The second kappa shape index (κ2) is 6.79. The average molecular weight is 338 g/mol. The van der Waals surface area contributed by atoms with Crippen LogP contribution < -0.4 is 5.32 Å². The van der Waals surface area contributed by atoms with Crippen molar-refractivity contribution in [3.05, 3.63) is 48.0 Å². The Bertz CT molecular complexity index is 878. The smallest absolute Gasteiger partial charge is 0.0815 e. The number of ether oxygens (including phenoxy) is 1. The maximum absolute atomic E-state index is 10.6. The van der Waals surface area contributed by atoms with Crippen molar-refractivity contribution in [1.82, 2.24) is 9.88 Å². The molecule has 0 saturated carbocycles. The third-order valence-corrected chi connectivity index (χ3v) is 5.36. The SMILES string of the molecule is CCn1c2ccccc2c2cc(CNCC3(O)CCOCC3)ccc21. The van der Waals surface area contributed by atoms with E-state index in [-0.39, 0.29) is 0 Å². The molecule has 0 radical (unpaired) electrons. The summed E-state index contributed by atoms with van der Waals surface area (Å²) in [5.41, 5.74) is 3.21. The Balaban J connectivity index is 1.56. The first-order valence-corrected chi connectivity index (χ1v) is 9.21. The van der Waals surface area contributed by atoms with Gasteiger partial charge in [0, 0.05) is 67.5 Å². The van der Waals surface area contributed by atoms with Crippen LogP contribution in [0.25, 0.3) is 21.8 Å². The third-order valence-electron chi connectivity index (χ3n) is 5.36. The number of hydrogen-bond acceptors (Lipinski definition) is 3. The molecule has 1 fully saturated rings. The van der Waals surface area contributed by atoms with Crippen molar-refractivity contribution in [2.75, 3.05) is 19.8 Å². The molecule has 1 aliphatic rings. The molecule has 0 amide bonds. The van der Waals surface area contributed by atoms with Crippen LogP contribution in [-0.4, -0.2) is 35.0 Å². The number of benzene rings is 2. The predicted molar refractivity (Wildman–Crippen MR) is 102 cm³/mol. The Morgan fingerprint density at radius 2 is 1.84 bits per heavy atom. The molecule has 2 aromatic carbocycles. The van der Waals surface area contributed by atoms with Crippen molar-refractivity contribution in [2.24, 2.45) is 0 Å². The summed E-state index contributed by atoms with van der Waals surface area (Å²) in [5, 5.41) is 16.6. The molecule has 1 aromatic heterocycles. The zero-order chi connectivity index (χ0) is 17.3. The molecule has 0 aliphatic carbocycles. The summed E-state index contributed by atoms with van der Waals surface area (Å²) >= 11 is 0. The Kier molecular flexibility index (Phi) is 4.50. The molecule has 3 aromatic rings. The van der Waals surface area contributed by atoms with Crippen LogP contribution in [0.15, 0.2) is 42.5 Å². The highest BCUT2D eigenvalue weighted by Gasteiger charge is 2.29. The van der Waals surface area contributed by atoms with Crippen LogP contribution >= 0.6 is 0 Å². The fourth-order valence-electron chi connectivity index (χ4n) is 3.92. The van der Waals surface area contributed by atoms with E-state index in [1.54, 1.807) is 0 Å². The van der Waals surface area contributed by atoms with E-state index in [0.29, 0.717) is 32.6 Å². The van der Waals surface area contributed by atoms with E-state index >= 15 is 0 Å². The molecule has 0 unspecified atom stereocenters. The largest absolute Gasteiger partial charge is 0.388 e. The molecule has 0 spiro atoms. The highest BCUT2D eigenvalue weighted by Crippen LogP contribution is 2.29. The summed E-state index contributed by atoms with van der Waals surface area (Å²) < 4.78 is 7.71. The van der Waals surface area contributed by atoms with Gasteiger partial charge in [0.05, 0.1) is 5.60 Å². The first-order chi connectivity index (χ1) is 12.2. The number of aromatic nitrogens is 1. The number of nitrogens with zero attached hydrogens (tertiary/aromatic N) is 1. The molecule has 4 nitrogen and oxygen atoms in total. The van der Waals surface area contributed by atoms with Crippen molar-refractivity contribution in [3.63, 3.8) is 0 Å². The van der Waals surface area contributed by atoms with Gasteiger partial charge < -0.3 is 19.7 Å². The van der Waals surface area contributed by atoms with E-state index in [1.807, 2.05) is 0 Å². The fourth-order valence-corrected chi connectivity index (χ4v) is 3.92. The lowest BCUT2D eigenvalue weighted by Gasteiger charge is -2.32. The van der Waals surface area contributed by atoms with Crippen LogP contribution in [0.2, 0.25) is 0 Å². The van der Waals surface area contributed by atoms with E-state index in [0.717, 1.165) is 13.1 Å². The van der Waals surface area contributed by atoms with Gasteiger partial charge in [-0.15, -0.1) is 0 Å². The lowest BCUT2D eigenvalue weighted by molar-refractivity contribution is -0.0617. The van der Waals surface area contributed by atoms with E-state index in [4.69, 9.17) is 4.74 Å². The van der Waals surface area contributed by atoms with Gasteiger partial charge in [0.1, 0.15) is 0 Å². The van der Waals surface area contributed by atoms with Gasteiger partial charge in [0.2, 0.25) is 0 Å². The highest BCUT2D eigenvalue weighted by atomic mass is 16.5. The Morgan fingerprint density at radius 1 is 1.08 bits per heavy atom. The zero-order valence-corrected chi connectivity index (χ0v) is 14.8. The Hall–Kier alpha value is -1.88. The maximum Gasteiger partial charge on any atom is 0.0815 e. The summed E-state index contributed by atoms with van der Waals surface area (Å²) in [6.07, 6.45) is 1.42. The minimum Gasteiger partial charge on any atom is -0.388 e. The van der Waals surface area contributed by atoms with Gasteiger partial charge in [-0.1, -0.05) is 24.3 Å². The van der Waals surface area contributed by atoms with Crippen LogP contribution in [0.3, 0.4) is 0 Å². The molecule has 4 rings (SSSR count). The quantitative estimate of drug-likeness (QED) is 0.749. The number of nitrogens with one attached hydrogen (secondary N) is 1. The van der Waals surface area contributed by atoms with Gasteiger partial charge in [-0.2, -0.15) is 0 Å². The third kappa shape index (κ3) is 3.17. The summed E-state index contributed by atoms with van der Waals surface area (Å²) in [6, 6.07) is 15.3. The van der Waals surface area contributed by atoms with Gasteiger partial charge in [0.15, 0.2) is 0 Å². The monoisotopic (exact) mass is 338 g/mol. The van der Waals surface area contributed by atoms with E-state index in [2.05, 4.69) is 59.3 Å². The summed E-state index contributed by atoms with van der Waals surface area (Å²) in [5.74, 6) is 0. The van der Waals surface area contributed by atoms with E-state index in [1.165, 1.54) is 27.4 Å². The molecule has 1 saturated heterocycles. The average Bonchev–Trinajstić information content (AvgIpc) is 2.95. The van der Waals surface area contributed by atoms with Crippen LogP contribution in [0, 0.1) is 0 Å². The molecule has 0 bridgehead atoms. The molecule has 2 heterocycles. The van der Waals surface area contributed by atoms with Crippen LogP contribution in [0.5, 0.6) is 0 Å². The van der Waals surface area contributed by atoms with Crippen molar-refractivity contribution in [2.45, 2.75) is 38.5 Å². The van der Waals surface area contributed by atoms with Gasteiger partial charge in [-0.25, -0.2) is 0 Å². The first kappa shape index (κ1) is 16.6. The van der Waals surface area contributed by atoms with Crippen molar-refractivity contribution < 1.29 is 9.84 Å². The number of para-hydroxylation sites is 1. The first-order valence-electron chi connectivity index (χ1n) is 9.21. The maximum atomic E-state index is 10.6. The molecular formula is C21H26N2O2. The second-order valence-corrected chi connectivity index (χ2v) is 7.05. The van der Waals surface area contributed by atoms with Gasteiger partial charge >= 0.3 is 0 Å². The van der Waals surface area contributed by atoms with Crippen LogP contribution in [-0.2, 0) is 17.8 Å². The molecular weight excluding hydrogens is 312 g/mol. The lowest BCUT2D eigenvalue weighted by Crippen LogP contribution is -2.44. The highest BCUT2D eigenvalue weighted by molar-refractivity contribution is 6.08. The lowest BCUT2D eigenvalue weighted by atomic mass is 9.94. The topological polar surface area (TPSA) is 46.4 Å². The minimum atomic E-state index is -0.624. The molecule has 25 heavy (non-hydrogen) atoms. The molecule has 4 heteroatoms. The predicted octanol–water partition coefficient (Wildman–Crippen LogP) is 3.45. The molecule has 132 valence electrons. The number of aryl methyl sites for hydroxylation is 1.